The lowest BCUT2D eigenvalue weighted by molar-refractivity contribution is 0.174. The van der Waals surface area contributed by atoms with Crippen molar-refractivity contribution in [1.29, 1.82) is 0 Å². The van der Waals surface area contributed by atoms with Crippen LogP contribution in [-0.2, 0) is 0 Å². The van der Waals surface area contributed by atoms with Gasteiger partial charge in [-0.15, -0.1) is 6.58 Å². The summed E-state index contributed by atoms with van der Waals surface area (Å²) in [5, 5.41) is 6.23. The van der Waals surface area contributed by atoms with E-state index < -0.39 is 0 Å². The van der Waals surface area contributed by atoms with Crippen LogP contribution in [-0.4, -0.2) is 43.2 Å². The second-order valence-electron chi connectivity index (χ2n) is 4.09. The zero-order chi connectivity index (χ0) is 9.97. The molecule has 0 aliphatic carbocycles. The number of hydrogen-bond acceptors (Lipinski definition) is 2. The summed E-state index contributed by atoms with van der Waals surface area (Å²) in [5.41, 5.74) is 0. The third-order valence-corrected chi connectivity index (χ3v) is 2.92. The first-order valence-electron chi connectivity index (χ1n) is 5.16. The van der Waals surface area contributed by atoms with Gasteiger partial charge in [0.1, 0.15) is 0 Å². The number of amides is 2. The summed E-state index contributed by atoms with van der Waals surface area (Å²) in [6.45, 7) is 6.94. The van der Waals surface area contributed by atoms with E-state index in [0.29, 0.717) is 18.5 Å². The number of rotatable bonds is 2. The molecule has 14 heavy (non-hydrogen) atoms. The Morgan fingerprint density at radius 2 is 2.50 bits per heavy atom. The fourth-order valence-electron chi connectivity index (χ4n) is 2.27. The van der Waals surface area contributed by atoms with Crippen molar-refractivity contribution in [2.24, 2.45) is 5.92 Å². The van der Waals surface area contributed by atoms with Gasteiger partial charge in [0.15, 0.2) is 0 Å². The molecule has 0 saturated carbocycles. The Balaban J connectivity index is 1.86. The quantitative estimate of drug-likeness (QED) is 0.617. The summed E-state index contributed by atoms with van der Waals surface area (Å²) < 4.78 is 0. The Morgan fingerprint density at radius 1 is 1.64 bits per heavy atom. The zero-order valence-corrected chi connectivity index (χ0v) is 8.33. The number of carbonyl (C=O) groups is 1. The van der Waals surface area contributed by atoms with Crippen LogP contribution in [0.5, 0.6) is 0 Å². The summed E-state index contributed by atoms with van der Waals surface area (Å²) in [7, 11) is 0. The van der Waals surface area contributed by atoms with E-state index >= 15 is 0 Å². The first-order valence-corrected chi connectivity index (χ1v) is 5.16. The third kappa shape index (κ3) is 1.90. The van der Waals surface area contributed by atoms with Crippen molar-refractivity contribution in [1.82, 2.24) is 15.5 Å². The van der Waals surface area contributed by atoms with Crippen molar-refractivity contribution in [2.45, 2.75) is 12.5 Å². The molecule has 4 heteroatoms. The third-order valence-electron chi connectivity index (χ3n) is 2.92. The van der Waals surface area contributed by atoms with Crippen molar-refractivity contribution in [3.63, 3.8) is 0 Å². The summed E-state index contributed by atoms with van der Waals surface area (Å²) in [6.07, 6.45) is 2.93. The minimum absolute atomic E-state index is 0.0447. The molecule has 2 bridgehead atoms. The number of nitrogens with one attached hydrogen (secondary N) is 2. The molecule has 0 spiro atoms. The highest BCUT2D eigenvalue weighted by molar-refractivity contribution is 5.74. The molecule has 0 aromatic rings. The maximum atomic E-state index is 11.6. The molecule has 2 atom stereocenters. The van der Waals surface area contributed by atoms with Crippen molar-refractivity contribution in [2.75, 3.05) is 26.2 Å². The highest BCUT2D eigenvalue weighted by Crippen LogP contribution is 2.21. The van der Waals surface area contributed by atoms with Crippen LogP contribution in [0.3, 0.4) is 0 Å². The molecule has 2 fully saturated rings. The molecule has 0 aromatic carbocycles. The van der Waals surface area contributed by atoms with Crippen LogP contribution in [0, 0.1) is 5.92 Å². The highest BCUT2D eigenvalue weighted by Gasteiger charge is 2.34. The van der Waals surface area contributed by atoms with E-state index in [1.54, 1.807) is 6.08 Å². The number of hydrogen-bond donors (Lipinski definition) is 2. The number of fused-ring (bicyclic) bond motifs is 2. The van der Waals surface area contributed by atoms with Gasteiger partial charge in [-0.2, -0.15) is 0 Å². The minimum atomic E-state index is 0.0447. The van der Waals surface area contributed by atoms with Crippen molar-refractivity contribution < 1.29 is 4.79 Å². The van der Waals surface area contributed by atoms with Gasteiger partial charge in [-0.05, 0) is 12.3 Å². The second-order valence-corrected chi connectivity index (χ2v) is 4.09. The predicted octanol–water partition coefficient (Wildman–Crippen LogP) is 0.176. The van der Waals surface area contributed by atoms with Crippen LogP contribution >= 0.6 is 0 Å². The van der Waals surface area contributed by atoms with Crippen LogP contribution in [0.15, 0.2) is 12.7 Å². The molecular weight excluding hydrogens is 178 g/mol. The minimum Gasteiger partial charge on any atom is -0.335 e. The normalized spacial score (nSPS) is 30.1. The van der Waals surface area contributed by atoms with Crippen LogP contribution < -0.4 is 10.6 Å². The van der Waals surface area contributed by atoms with Crippen LogP contribution in [0.4, 0.5) is 4.79 Å². The van der Waals surface area contributed by atoms with Crippen molar-refractivity contribution >= 4 is 6.03 Å². The molecule has 2 aliphatic heterocycles. The van der Waals surface area contributed by atoms with Gasteiger partial charge in [0.25, 0.3) is 0 Å². The predicted molar refractivity (Wildman–Crippen MR) is 55.1 cm³/mol. The summed E-state index contributed by atoms with van der Waals surface area (Å²) in [4.78, 5) is 13.5. The number of urea groups is 1. The fourth-order valence-corrected chi connectivity index (χ4v) is 2.27. The lowest BCUT2D eigenvalue weighted by Crippen LogP contribution is -2.48. The lowest BCUT2D eigenvalue weighted by atomic mass is 10.0. The average molecular weight is 195 g/mol. The van der Waals surface area contributed by atoms with Gasteiger partial charge in [-0.25, -0.2) is 4.79 Å². The maximum absolute atomic E-state index is 11.6. The topological polar surface area (TPSA) is 44.4 Å². The fraction of sp³-hybridized carbons (Fsp3) is 0.700. The Hall–Kier alpha value is -1.03. The maximum Gasteiger partial charge on any atom is 0.317 e. The van der Waals surface area contributed by atoms with E-state index in [1.807, 2.05) is 4.90 Å². The summed E-state index contributed by atoms with van der Waals surface area (Å²) in [5.74, 6) is 0.656. The van der Waals surface area contributed by atoms with Crippen molar-refractivity contribution in [3.05, 3.63) is 12.7 Å². The van der Waals surface area contributed by atoms with Gasteiger partial charge >= 0.3 is 6.03 Å². The Kier molecular flexibility index (Phi) is 2.72. The first-order chi connectivity index (χ1) is 6.79. The van der Waals surface area contributed by atoms with Gasteiger partial charge in [0, 0.05) is 32.2 Å². The molecule has 2 N–H and O–H groups in total. The molecule has 78 valence electrons. The summed E-state index contributed by atoms with van der Waals surface area (Å²) in [6, 6.07) is 0.562. The molecular formula is C10H17N3O. The smallest absolute Gasteiger partial charge is 0.317 e. The van der Waals surface area contributed by atoms with E-state index in [1.165, 1.54) is 6.42 Å². The Bertz CT molecular complexity index is 230. The van der Waals surface area contributed by atoms with Crippen LogP contribution in [0.2, 0.25) is 0 Å². The Labute approximate surface area is 84.3 Å². The standard InChI is InChI=1S/C10H17N3O/c1-2-3-11-10(14)13-6-8-4-9(7-13)12-5-8/h2,8-9,12H,1,3-7H2,(H,11,14)/t8-,9-/m0/s1. The second kappa shape index (κ2) is 4.00. The number of piperidine rings is 1. The van der Waals surface area contributed by atoms with E-state index in [4.69, 9.17) is 0 Å². The van der Waals surface area contributed by atoms with Crippen LogP contribution in [0.25, 0.3) is 0 Å². The number of likely N-dealkylation sites (tertiary alicyclic amines) is 1. The molecule has 2 rings (SSSR count). The van der Waals surface area contributed by atoms with Crippen LogP contribution in [0.1, 0.15) is 6.42 Å². The molecule has 2 saturated heterocycles. The summed E-state index contributed by atoms with van der Waals surface area (Å²) >= 11 is 0. The molecule has 2 amide bonds. The molecule has 0 aromatic heterocycles. The van der Waals surface area contributed by atoms with Gasteiger partial charge in [0.05, 0.1) is 0 Å². The lowest BCUT2D eigenvalue weighted by Gasteiger charge is -2.30. The van der Waals surface area contributed by atoms with E-state index in [9.17, 15) is 4.79 Å². The van der Waals surface area contributed by atoms with E-state index in [0.717, 1.165) is 19.6 Å². The molecule has 0 radical (unpaired) electrons. The van der Waals surface area contributed by atoms with Gasteiger partial charge in [-0.3, -0.25) is 0 Å². The number of nitrogens with zero attached hydrogens (tertiary/aromatic N) is 1. The molecule has 0 unspecified atom stereocenters. The van der Waals surface area contributed by atoms with Gasteiger partial charge in [-0.1, -0.05) is 6.08 Å². The van der Waals surface area contributed by atoms with E-state index in [-0.39, 0.29) is 6.03 Å². The molecule has 2 aliphatic rings. The average Bonchev–Trinajstić information content (AvgIpc) is 2.54. The van der Waals surface area contributed by atoms with E-state index in [2.05, 4.69) is 17.2 Å². The molecule has 4 nitrogen and oxygen atoms in total. The SMILES string of the molecule is C=CCNC(=O)N1C[C@@H]2CN[C@@H](C2)C1. The van der Waals surface area contributed by atoms with Gasteiger partial charge < -0.3 is 15.5 Å². The first kappa shape index (κ1) is 9.52. The zero-order valence-electron chi connectivity index (χ0n) is 8.33. The largest absolute Gasteiger partial charge is 0.335 e. The molecule has 2 heterocycles. The number of carbonyl (C=O) groups excluding carboxylic acids is 1. The monoisotopic (exact) mass is 195 g/mol. The highest BCUT2D eigenvalue weighted by atomic mass is 16.2. The van der Waals surface area contributed by atoms with Gasteiger partial charge in [0.2, 0.25) is 0 Å². The van der Waals surface area contributed by atoms with Crippen molar-refractivity contribution in [3.8, 4) is 0 Å². The Morgan fingerprint density at radius 3 is 3.21 bits per heavy atom.